The van der Waals surface area contributed by atoms with Gasteiger partial charge in [0.05, 0.1) is 41.1 Å². The number of nitrogens with two attached hydrogens (primary N) is 1. The fourth-order valence-electron chi connectivity index (χ4n) is 8.39. The molecule has 3 amide bonds. The summed E-state index contributed by atoms with van der Waals surface area (Å²) >= 11 is 0. The zero-order valence-corrected chi connectivity index (χ0v) is 32.9. The van der Waals surface area contributed by atoms with Gasteiger partial charge in [0.2, 0.25) is 11.8 Å². The number of halogens is 2. The van der Waals surface area contributed by atoms with Gasteiger partial charge in [0.1, 0.15) is 23.1 Å². The summed E-state index contributed by atoms with van der Waals surface area (Å²) in [6.07, 6.45) is 6.42. The minimum Gasteiger partial charge on any atom is -0.396 e. The number of piperazine rings is 1. The van der Waals surface area contributed by atoms with Gasteiger partial charge < -0.3 is 20.9 Å². The van der Waals surface area contributed by atoms with Crippen LogP contribution >= 0.6 is 0 Å². The third kappa shape index (κ3) is 8.48. The van der Waals surface area contributed by atoms with E-state index in [1.165, 1.54) is 26.1 Å². The van der Waals surface area contributed by atoms with Gasteiger partial charge in [-0.25, -0.2) is 23.1 Å². The molecule has 6 heterocycles. The molecule has 310 valence electrons. The van der Waals surface area contributed by atoms with E-state index in [0.717, 1.165) is 83.7 Å². The van der Waals surface area contributed by atoms with Gasteiger partial charge in [-0.1, -0.05) is 17.9 Å². The number of rotatable bonds is 10. The van der Waals surface area contributed by atoms with Crippen LogP contribution in [0.25, 0.3) is 16.7 Å². The van der Waals surface area contributed by atoms with Crippen molar-refractivity contribution in [2.24, 2.45) is 23.7 Å². The number of nitrogens with zero attached hydrogens (tertiary/aromatic N) is 9. The molecule has 0 bridgehead atoms. The number of anilines is 1. The summed E-state index contributed by atoms with van der Waals surface area (Å²) in [6.45, 7) is 6.90. The van der Waals surface area contributed by atoms with Crippen LogP contribution in [0.1, 0.15) is 66.9 Å². The van der Waals surface area contributed by atoms with Crippen molar-refractivity contribution in [3.63, 3.8) is 0 Å². The molecule has 8 rings (SSSR count). The van der Waals surface area contributed by atoms with Gasteiger partial charge in [-0.15, -0.1) is 0 Å². The Kier molecular flexibility index (Phi) is 11.6. The molecular formula is C41H48F2N12O4. The van der Waals surface area contributed by atoms with E-state index in [-0.39, 0.29) is 41.7 Å². The molecule has 0 spiro atoms. The molecule has 3 saturated heterocycles. The van der Waals surface area contributed by atoms with Crippen molar-refractivity contribution in [1.82, 2.24) is 44.2 Å². The van der Waals surface area contributed by atoms with Crippen molar-refractivity contribution < 1.29 is 23.2 Å². The predicted molar refractivity (Wildman–Crippen MR) is 217 cm³/mol. The quantitative estimate of drug-likeness (QED) is 0.122. The number of aliphatic imine (C=N–C) groups is 1. The number of benzene rings is 1. The largest absolute Gasteiger partial charge is 0.396 e. The molecule has 1 aliphatic carbocycles. The van der Waals surface area contributed by atoms with E-state index in [1.54, 1.807) is 19.3 Å². The van der Waals surface area contributed by atoms with Crippen LogP contribution < -0.4 is 27.0 Å². The number of carbonyl (C=O) groups excluding carboxylic acids is 3. The number of hydrogen-bond donors (Lipinski definition) is 3. The van der Waals surface area contributed by atoms with Gasteiger partial charge in [0.15, 0.2) is 5.65 Å². The highest BCUT2D eigenvalue weighted by molar-refractivity contribution is 6.03. The monoisotopic (exact) mass is 810 g/mol. The number of amides is 3. The molecule has 4 aromatic rings. The van der Waals surface area contributed by atoms with Gasteiger partial charge in [0, 0.05) is 71.7 Å². The Morgan fingerprint density at radius 2 is 1.81 bits per heavy atom. The molecular weight excluding hydrogens is 763 g/mol. The van der Waals surface area contributed by atoms with Crippen LogP contribution in [0.2, 0.25) is 0 Å². The fourth-order valence-corrected chi connectivity index (χ4v) is 8.39. The van der Waals surface area contributed by atoms with Crippen LogP contribution in [0.4, 0.5) is 14.6 Å². The molecule has 16 nitrogen and oxygen atoms in total. The average Bonchev–Trinajstić information content (AvgIpc) is 3.74. The van der Waals surface area contributed by atoms with Crippen LogP contribution in [0, 0.1) is 17.8 Å². The lowest BCUT2D eigenvalue weighted by Crippen LogP contribution is -2.48. The minimum atomic E-state index is -2.97. The number of para-hydroxylation sites is 1. The van der Waals surface area contributed by atoms with Crippen molar-refractivity contribution in [1.29, 1.82) is 0 Å². The van der Waals surface area contributed by atoms with E-state index in [4.69, 9.17) is 5.73 Å². The fraction of sp³-hybridized carbons (Fsp3) is 0.488. The molecule has 3 aromatic heterocycles. The third-order valence-electron chi connectivity index (χ3n) is 11.9. The number of imide groups is 1. The SMILES string of the molecule is Cn1c(=O)n(C2CCC(=O)NC2=O)c2cccc(C#CCN3CCN(CC4CCC(N=C/C(NC(=O)c5cnn6ccc(N7CCC7)nc56)=C(\N)C(F)F)CC4)CC3)c21. The molecule has 0 radical (unpaired) electrons. The summed E-state index contributed by atoms with van der Waals surface area (Å²) in [5, 5.41) is 9.10. The smallest absolute Gasteiger partial charge is 0.329 e. The molecule has 1 unspecified atom stereocenters. The standard InChI is InChI=1S/C41H48F2N12O4/c1-50-36-27(5-2-7-31(36)55(41(50)59)32-12-13-34(56)49-40(32)58)6-3-15-51-19-21-52(22-20-51)25-26-8-10-28(11-9-26)45-24-30(35(44)37(42)43)47-39(57)29-23-46-54-18-14-33(48-38(29)54)53-16-4-17-53/h2,5,7,14,18,23-24,26,28,32,37H,4,8-13,15-17,19-22,25,44H2,1H3,(H,47,57)(H,49,56,58)/b35-30+,45-24?. The normalized spacial score (nSPS) is 22.4. The number of carbonyl (C=O) groups is 3. The van der Waals surface area contributed by atoms with E-state index < -0.39 is 30.0 Å². The molecule has 3 aliphatic heterocycles. The highest BCUT2D eigenvalue weighted by atomic mass is 19.3. The van der Waals surface area contributed by atoms with Crippen molar-refractivity contribution in [2.45, 2.75) is 63.5 Å². The van der Waals surface area contributed by atoms with E-state index in [0.29, 0.717) is 34.7 Å². The number of nitrogens with one attached hydrogen (secondary N) is 2. The van der Waals surface area contributed by atoms with E-state index in [1.807, 2.05) is 18.2 Å². The van der Waals surface area contributed by atoms with Crippen molar-refractivity contribution in [2.75, 3.05) is 57.3 Å². The predicted octanol–water partition coefficient (Wildman–Crippen LogP) is 2.03. The first-order chi connectivity index (χ1) is 28.5. The summed E-state index contributed by atoms with van der Waals surface area (Å²) in [5.74, 6) is 6.34. The van der Waals surface area contributed by atoms with Gasteiger partial charge in [-0.05, 0) is 62.6 Å². The van der Waals surface area contributed by atoms with Crippen LogP contribution in [0.3, 0.4) is 0 Å². The zero-order chi connectivity index (χ0) is 41.2. The number of fused-ring (bicyclic) bond motifs is 2. The Balaban J connectivity index is 0.814. The lowest BCUT2D eigenvalue weighted by molar-refractivity contribution is -0.135. The first-order valence-corrected chi connectivity index (χ1v) is 20.2. The summed E-state index contributed by atoms with van der Waals surface area (Å²) < 4.78 is 32.0. The second-order valence-electron chi connectivity index (χ2n) is 15.8. The average molecular weight is 811 g/mol. The van der Waals surface area contributed by atoms with E-state index in [2.05, 4.69) is 52.2 Å². The van der Waals surface area contributed by atoms with Gasteiger partial charge in [0.25, 0.3) is 12.3 Å². The number of aromatic nitrogens is 5. The Bertz CT molecular complexity index is 2440. The molecule has 4 fully saturated rings. The Hall–Kier alpha value is -5.93. The number of hydrogen-bond acceptors (Lipinski definition) is 11. The summed E-state index contributed by atoms with van der Waals surface area (Å²) in [7, 11) is 1.67. The Labute approximate surface area is 339 Å². The minimum absolute atomic E-state index is 0.0685. The second kappa shape index (κ2) is 17.1. The molecule has 1 aromatic carbocycles. The van der Waals surface area contributed by atoms with Crippen LogP contribution in [-0.4, -0.2) is 122 Å². The second-order valence-corrected chi connectivity index (χ2v) is 15.8. The molecule has 1 atom stereocenters. The number of aryl methyl sites for hydroxylation is 1. The number of piperidine rings is 1. The van der Waals surface area contributed by atoms with Crippen molar-refractivity contribution in [3.05, 3.63) is 69.7 Å². The number of allylic oxidation sites excluding steroid dienone is 2. The summed E-state index contributed by atoms with van der Waals surface area (Å²) in [5.41, 5.74) is 6.93. The Morgan fingerprint density at radius 3 is 2.53 bits per heavy atom. The highest BCUT2D eigenvalue weighted by Crippen LogP contribution is 2.28. The lowest BCUT2D eigenvalue weighted by atomic mass is 9.86. The van der Waals surface area contributed by atoms with E-state index >= 15 is 0 Å². The first-order valence-electron chi connectivity index (χ1n) is 20.2. The van der Waals surface area contributed by atoms with E-state index in [9.17, 15) is 28.0 Å². The number of alkyl halides is 2. The molecule has 59 heavy (non-hydrogen) atoms. The third-order valence-corrected chi connectivity index (χ3v) is 11.9. The molecule has 4 N–H and O–H groups in total. The topological polar surface area (TPSA) is 180 Å². The summed E-state index contributed by atoms with van der Waals surface area (Å²) in [6, 6.07) is 6.52. The van der Waals surface area contributed by atoms with Crippen molar-refractivity contribution in [3.8, 4) is 11.8 Å². The zero-order valence-electron chi connectivity index (χ0n) is 32.9. The maximum Gasteiger partial charge on any atom is 0.329 e. The van der Waals surface area contributed by atoms with Crippen LogP contribution in [0.5, 0.6) is 0 Å². The lowest BCUT2D eigenvalue weighted by Gasteiger charge is -2.37. The van der Waals surface area contributed by atoms with Crippen molar-refractivity contribution >= 4 is 46.4 Å². The number of imidazole rings is 1. The Morgan fingerprint density at radius 1 is 1.05 bits per heavy atom. The highest BCUT2D eigenvalue weighted by Gasteiger charge is 2.32. The van der Waals surface area contributed by atoms with Gasteiger partial charge in [-0.2, -0.15) is 5.10 Å². The van der Waals surface area contributed by atoms with Crippen LogP contribution in [0.15, 0.2) is 57.8 Å². The van der Waals surface area contributed by atoms with Gasteiger partial charge >= 0.3 is 5.69 Å². The first kappa shape index (κ1) is 39.9. The maximum atomic E-state index is 13.8. The molecule has 18 heteroatoms. The van der Waals surface area contributed by atoms with Crippen LogP contribution in [-0.2, 0) is 16.6 Å². The maximum absolute atomic E-state index is 13.8. The molecule has 4 aliphatic rings. The summed E-state index contributed by atoms with van der Waals surface area (Å²) in [4.78, 5) is 66.9. The van der Waals surface area contributed by atoms with Gasteiger partial charge in [-0.3, -0.25) is 38.7 Å². The molecule has 1 saturated carbocycles.